The van der Waals surface area contributed by atoms with Crippen LogP contribution < -0.4 is 0 Å². The van der Waals surface area contributed by atoms with Crippen LogP contribution in [0.5, 0.6) is 0 Å². The summed E-state index contributed by atoms with van der Waals surface area (Å²) in [7, 11) is 7.81. The SMILES string of the molecule is CC(c1cccc(-c2cc(C3CC3)c3ccc(CC(=O)N(C)C)cc3n2)c1)N(C)C. The van der Waals surface area contributed by atoms with E-state index in [0.717, 1.165) is 22.3 Å². The zero-order chi connectivity index (χ0) is 21.4. The second-order valence-corrected chi connectivity index (χ2v) is 8.95. The van der Waals surface area contributed by atoms with Crippen LogP contribution in [0.4, 0.5) is 0 Å². The number of pyridine rings is 1. The summed E-state index contributed by atoms with van der Waals surface area (Å²) in [5, 5.41) is 1.22. The van der Waals surface area contributed by atoms with Gasteiger partial charge in [0.2, 0.25) is 5.91 Å². The number of carbonyl (C=O) groups excluding carboxylic acids is 1. The fourth-order valence-corrected chi connectivity index (χ4v) is 3.88. The Morgan fingerprint density at radius 3 is 2.50 bits per heavy atom. The van der Waals surface area contributed by atoms with Crippen molar-refractivity contribution in [2.45, 2.75) is 38.1 Å². The Bertz CT molecular complexity index is 1080. The lowest BCUT2D eigenvalue weighted by Crippen LogP contribution is -2.23. The van der Waals surface area contributed by atoms with Gasteiger partial charge in [0.15, 0.2) is 0 Å². The Balaban J connectivity index is 1.78. The number of benzene rings is 2. The van der Waals surface area contributed by atoms with Gasteiger partial charge in [0.1, 0.15) is 0 Å². The van der Waals surface area contributed by atoms with E-state index < -0.39 is 0 Å². The molecule has 1 fully saturated rings. The molecule has 30 heavy (non-hydrogen) atoms. The molecule has 1 unspecified atom stereocenters. The number of fused-ring (bicyclic) bond motifs is 1. The molecule has 3 aromatic rings. The summed E-state index contributed by atoms with van der Waals surface area (Å²) >= 11 is 0. The number of amides is 1. The molecule has 2 aromatic carbocycles. The fourth-order valence-electron chi connectivity index (χ4n) is 3.88. The topological polar surface area (TPSA) is 36.4 Å². The molecular weight excluding hydrogens is 370 g/mol. The standard InChI is InChI=1S/C26H31N3O/c1-17(28(2)3)20-7-6-8-21(15-20)24-16-23(19-10-11-19)22-12-9-18(13-25(22)27-24)14-26(30)29(4)5/h6-9,12-13,15-17,19H,10-11,14H2,1-5H3. The van der Waals surface area contributed by atoms with Crippen molar-refractivity contribution in [1.82, 2.24) is 14.8 Å². The minimum atomic E-state index is 0.110. The summed E-state index contributed by atoms with van der Waals surface area (Å²) in [6.45, 7) is 2.22. The van der Waals surface area contributed by atoms with E-state index in [4.69, 9.17) is 4.98 Å². The van der Waals surface area contributed by atoms with E-state index in [1.165, 1.54) is 29.4 Å². The van der Waals surface area contributed by atoms with Crippen LogP contribution in [0, 0.1) is 0 Å². The highest BCUT2D eigenvalue weighted by molar-refractivity contribution is 5.88. The highest BCUT2D eigenvalue weighted by Gasteiger charge is 2.26. The summed E-state index contributed by atoms with van der Waals surface area (Å²) in [5.74, 6) is 0.741. The highest BCUT2D eigenvalue weighted by Crippen LogP contribution is 2.44. The van der Waals surface area contributed by atoms with E-state index in [9.17, 15) is 4.79 Å². The van der Waals surface area contributed by atoms with Crippen LogP contribution >= 0.6 is 0 Å². The van der Waals surface area contributed by atoms with E-state index in [2.05, 4.69) is 74.4 Å². The number of likely N-dealkylation sites (N-methyl/N-ethyl adjacent to an activating group) is 1. The van der Waals surface area contributed by atoms with Crippen molar-refractivity contribution in [2.75, 3.05) is 28.2 Å². The third-order valence-electron chi connectivity index (χ3n) is 6.22. The number of aromatic nitrogens is 1. The Morgan fingerprint density at radius 1 is 1.07 bits per heavy atom. The lowest BCUT2D eigenvalue weighted by molar-refractivity contribution is -0.127. The van der Waals surface area contributed by atoms with Gasteiger partial charge in [-0.05, 0) is 74.7 Å². The third kappa shape index (κ3) is 4.24. The quantitative estimate of drug-likeness (QED) is 0.581. The molecule has 0 bridgehead atoms. The first-order valence-corrected chi connectivity index (χ1v) is 10.7. The van der Waals surface area contributed by atoms with Crippen molar-refractivity contribution >= 4 is 16.8 Å². The van der Waals surface area contributed by atoms with Gasteiger partial charge in [0, 0.05) is 31.1 Å². The maximum absolute atomic E-state index is 12.2. The summed E-state index contributed by atoms with van der Waals surface area (Å²) in [6.07, 6.45) is 2.90. The minimum Gasteiger partial charge on any atom is -0.349 e. The molecule has 0 radical (unpaired) electrons. The van der Waals surface area contributed by atoms with Crippen LogP contribution in [0.1, 0.15) is 48.4 Å². The van der Waals surface area contributed by atoms with Gasteiger partial charge >= 0.3 is 0 Å². The van der Waals surface area contributed by atoms with Gasteiger partial charge in [-0.15, -0.1) is 0 Å². The van der Waals surface area contributed by atoms with Crippen LogP contribution in [0.3, 0.4) is 0 Å². The molecule has 0 N–H and O–H groups in total. The molecule has 4 nitrogen and oxygen atoms in total. The Kier molecular flexibility index (Phi) is 5.61. The molecule has 1 aliphatic carbocycles. The van der Waals surface area contributed by atoms with Crippen LogP contribution in [0.2, 0.25) is 0 Å². The molecule has 156 valence electrons. The van der Waals surface area contributed by atoms with Crippen molar-refractivity contribution in [2.24, 2.45) is 0 Å². The molecule has 0 spiro atoms. The number of rotatable bonds is 6. The van der Waals surface area contributed by atoms with E-state index >= 15 is 0 Å². The van der Waals surface area contributed by atoms with Gasteiger partial charge in [-0.2, -0.15) is 0 Å². The largest absolute Gasteiger partial charge is 0.349 e. The molecule has 1 atom stereocenters. The first kappa shape index (κ1) is 20.5. The molecule has 4 rings (SSSR count). The van der Waals surface area contributed by atoms with Crippen molar-refractivity contribution < 1.29 is 4.79 Å². The minimum absolute atomic E-state index is 0.110. The lowest BCUT2D eigenvalue weighted by atomic mass is 9.97. The van der Waals surface area contributed by atoms with Crippen LogP contribution in [-0.4, -0.2) is 48.9 Å². The Morgan fingerprint density at radius 2 is 1.83 bits per heavy atom. The van der Waals surface area contributed by atoms with Crippen LogP contribution in [0.25, 0.3) is 22.2 Å². The zero-order valence-corrected chi connectivity index (χ0v) is 18.6. The third-order valence-corrected chi connectivity index (χ3v) is 6.22. The van der Waals surface area contributed by atoms with E-state index in [0.29, 0.717) is 18.4 Å². The van der Waals surface area contributed by atoms with Gasteiger partial charge in [0.05, 0.1) is 17.6 Å². The summed E-state index contributed by atoms with van der Waals surface area (Å²) in [6, 6.07) is 17.7. The normalized spacial score (nSPS) is 14.9. The number of hydrogen-bond acceptors (Lipinski definition) is 3. The smallest absolute Gasteiger partial charge is 0.226 e. The monoisotopic (exact) mass is 401 g/mol. The van der Waals surface area contributed by atoms with E-state index in [-0.39, 0.29) is 5.91 Å². The summed E-state index contributed by atoms with van der Waals surface area (Å²) < 4.78 is 0. The first-order valence-electron chi connectivity index (χ1n) is 10.7. The molecule has 1 heterocycles. The van der Waals surface area contributed by atoms with E-state index in [1.807, 2.05) is 0 Å². The van der Waals surface area contributed by atoms with Gasteiger partial charge in [-0.25, -0.2) is 4.98 Å². The van der Waals surface area contributed by atoms with Crippen LogP contribution in [-0.2, 0) is 11.2 Å². The maximum atomic E-state index is 12.2. The van der Waals surface area contributed by atoms with Crippen molar-refractivity contribution in [1.29, 1.82) is 0 Å². The summed E-state index contributed by atoms with van der Waals surface area (Å²) in [5.41, 5.74) is 6.87. The number of hydrogen-bond donors (Lipinski definition) is 0. The van der Waals surface area contributed by atoms with Crippen LogP contribution in [0.15, 0.2) is 48.5 Å². The summed E-state index contributed by atoms with van der Waals surface area (Å²) in [4.78, 5) is 21.1. The number of nitrogens with zero attached hydrogens (tertiary/aromatic N) is 3. The molecule has 1 saturated carbocycles. The fraction of sp³-hybridized carbons (Fsp3) is 0.385. The van der Waals surface area contributed by atoms with Gasteiger partial charge in [-0.1, -0.05) is 30.3 Å². The molecule has 0 aliphatic heterocycles. The predicted octanol–water partition coefficient (Wildman–Crippen LogP) is 5.03. The Labute approximate surface area is 179 Å². The molecular formula is C26H31N3O. The molecule has 1 aliphatic rings. The first-order chi connectivity index (χ1) is 14.3. The average molecular weight is 402 g/mol. The van der Waals surface area contributed by atoms with Crippen molar-refractivity contribution in [3.63, 3.8) is 0 Å². The lowest BCUT2D eigenvalue weighted by Gasteiger charge is -2.20. The van der Waals surface area contributed by atoms with Gasteiger partial charge in [-0.3, -0.25) is 4.79 Å². The maximum Gasteiger partial charge on any atom is 0.226 e. The average Bonchev–Trinajstić information content (AvgIpc) is 3.57. The second kappa shape index (κ2) is 8.19. The van der Waals surface area contributed by atoms with Crippen molar-refractivity contribution in [3.8, 4) is 11.3 Å². The van der Waals surface area contributed by atoms with Crippen molar-refractivity contribution in [3.05, 3.63) is 65.2 Å². The molecule has 0 saturated heterocycles. The van der Waals surface area contributed by atoms with Gasteiger partial charge in [0.25, 0.3) is 0 Å². The van der Waals surface area contributed by atoms with E-state index in [1.54, 1.807) is 19.0 Å². The Hall–Kier alpha value is -2.72. The molecule has 1 aromatic heterocycles. The van der Waals surface area contributed by atoms with Gasteiger partial charge < -0.3 is 9.80 Å². The predicted molar refractivity (Wildman–Crippen MR) is 124 cm³/mol. The molecule has 1 amide bonds. The second-order valence-electron chi connectivity index (χ2n) is 8.95. The zero-order valence-electron chi connectivity index (χ0n) is 18.6. The number of carbonyl (C=O) groups is 1. The molecule has 4 heteroatoms. The highest BCUT2D eigenvalue weighted by atomic mass is 16.2.